The van der Waals surface area contributed by atoms with E-state index in [1.54, 1.807) is 30.3 Å². The van der Waals surface area contributed by atoms with E-state index in [9.17, 15) is 34.0 Å². The summed E-state index contributed by atoms with van der Waals surface area (Å²) in [5.41, 5.74) is 0.549. The predicted octanol–water partition coefficient (Wildman–Crippen LogP) is 1.62. The Kier molecular flexibility index (Phi) is 9.88. The zero-order valence-electron chi connectivity index (χ0n) is 24.0. The van der Waals surface area contributed by atoms with Crippen LogP contribution in [-0.4, -0.2) is 83.6 Å². The minimum Gasteiger partial charge on any atom is -0.462 e. The number of likely N-dealkylation sites (N-methyl/N-ethyl adjacent to an activating group) is 1. The molecule has 2 aliphatic rings. The van der Waals surface area contributed by atoms with E-state index in [0.29, 0.717) is 5.56 Å². The molecule has 1 aromatic rings. The zero-order chi connectivity index (χ0) is 31.4. The fraction of sp³-hybridized carbons (Fsp3) is 0.536. The first kappa shape index (κ1) is 32.4. The number of amides is 1. The summed E-state index contributed by atoms with van der Waals surface area (Å²) in [6.07, 6.45) is -6.47. The molecule has 14 heteroatoms. The van der Waals surface area contributed by atoms with Gasteiger partial charge in [0.2, 0.25) is 5.91 Å². The van der Waals surface area contributed by atoms with Gasteiger partial charge in [-0.2, -0.15) is 5.26 Å². The molecule has 2 fully saturated rings. The minimum absolute atomic E-state index is 0.0318. The highest BCUT2D eigenvalue weighted by Gasteiger charge is 2.75. The van der Waals surface area contributed by atoms with Gasteiger partial charge in [-0.05, 0) is 5.56 Å². The third-order valence-electron chi connectivity index (χ3n) is 6.97. The molecule has 3 rings (SSSR count). The molecule has 2 bridgehead atoms. The van der Waals surface area contributed by atoms with Gasteiger partial charge in [0, 0.05) is 48.1 Å². The second kappa shape index (κ2) is 12.8. The van der Waals surface area contributed by atoms with Crippen molar-refractivity contribution in [3.8, 4) is 6.07 Å². The highest BCUT2D eigenvalue weighted by atomic mass is 32.2. The van der Waals surface area contributed by atoms with Gasteiger partial charge < -0.3 is 28.6 Å². The number of carbonyl (C=O) groups is 6. The average Bonchev–Trinajstić information content (AvgIpc) is 3.38. The molecule has 2 saturated heterocycles. The van der Waals surface area contributed by atoms with Gasteiger partial charge in [0.15, 0.2) is 24.4 Å². The van der Waals surface area contributed by atoms with Gasteiger partial charge >= 0.3 is 29.8 Å². The van der Waals surface area contributed by atoms with Gasteiger partial charge in [-0.1, -0.05) is 30.3 Å². The number of ether oxygens (including phenoxy) is 5. The van der Waals surface area contributed by atoms with E-state index in [2.05, 4.69) is 6.07 Å². The quantitative estimate of drug-likeness (QED) is 0.263. The molecule has 0 aliphatic carbocycles. The molecule has 1 aromatic carbocycles. The predicted molar refractivity (Wildman–Crippen MR) is 144 cm³/mol. The van der Waals surface area contributed by atoms with E-state index >= 15 is 0 Å². The molecule has 0 aromatic heterocycles. The van der Waals surface area contributed by atoms with E-state index in [4.69, 9.17) is 23.7 Å². The van der Waals surface area contributed by atoms with Crippen molar-refractivity contribution in [2.75, 3.05) is 13.7 Å². The molecule has 2 heterocycles. The molecule has 0 N–H and O–H groups in total. The summed E-state index contributed by atoms with van der Waals surface area (Å²) in [7, 11) is 1.47. The fourth-order valence-corrected chi connectivity index (χ4v) is 7.54. The number of nitriles is 1. The largest absolute Gasteiger partial charge is 0.462 e. The maximum absolute atomic E-state index is 14.0. The molecule has 7 atom stereocenters. The van der Waals surface area contributed by atoms with Crippen LogP contribution in [0.2, 0.25) is 0 Å². The van der Waals surface area contributed by atoms with Crippen molar-refractivity contribution in [1.29, 1.82) is 5.26 Å². The molecule has 0 saturated carbocycles. The second-order valence-electron chi connectivity index (χ2n) is 9.93. The Hall–Kier alpha value is -4.12. The Labute approximate surface area is 246 Å². The highest BCUT2D eigenvalue weighted by Crippen LogP contribution is 2.68. The van der Waals surface area contributed by atoms with Crippen molar-refractivity contribution in [2.45, 2.75) is 75.1 Å². The summed E-state index contributed by atoms with van der Waals surface area (Å²) in [6.45, 7) is 4.77. The molecule has 0 unspecified atom stereocenters. The number of hydrogen-bond donors (Lipinski definition) is 0. The van der Waals surface area contributed by atoms with Gasteiger partial charge in [-0.3, -0.25) is 28.8 Å². The minimum atomic E-state index is -1.69. The van der Waals surface area contributed by atoms with Gasteiger partial charge in [-0.25, -0.2) is 0 Å². The molecule has 13 nitrogen and oxygen atoms in total. The summed E-state index contributed by atoms with van der Waals surface area (Å²) in [5.74, 6) is -5.55. The van der Waals surface area contributed by atoms with Crippen molar-refractivity contribution in [1.82, 2.24) is 4.90 Å². The lowest BCUT2D eigenvalue weighted by Gasteiger charge is -2.45. The van der Waals surface area contributed by atoms with E-state index < -0.39 is 82.3 Å². The Morgan fingerprint density at radius 2 is 1.45 bits per heavy atom. The third-order valence-corrected chi connectivity index (χ3v) is 9.02. The Bertz CT molecular complexity index is 1300. The van der Waals surface area contributed by atoms with Crippen LogP contribution in [0.1, 0.15) is 46.6 Å². The van der Waals surface area contributed by atoms with Gasteiger partial charge in [0.1, 0.15) is 16.2 Å². The number of rotatable bonds is 11. The summed E-state index contributed by atoms with van der Waals surface area (Å²) in [5, 5.41) is 10.2. The number of likely N-dealkylation sites (tertiary alicyclic amines) is 1. The Morgan fingerprint density at radius 1 is 0.905 bits per heavy atom. The van der Waals surface area contributed by atoms with Crippen molar-refractivity contribution in [2.24, 2.45) is 5.92 Å². The SMILES string of the molecule is CC(=O)OC[C@@H](OC(C)=O)[C@@H](OC(C)=O)[C@H](OC(C)=O)[C@@H](OC(C)=O)[C@@]12C[C@@H](C#N)[C@@](c3ccccc3)(S1)C(=O)N2C. The molecular formula is C28H32N2O11S. The first-order chi connectivity index (χ1) is 19.7. The smallest absolute Gasteiger partial charge is 0.303 e. The number of thioether (sulfide) groups is 1. The summed E-state index contributed by atoms with van der Waals surface area (Å²) in [4.78, 5) is 74.9. The van der Waals surface area contributed by atoms with Crippen molar-refractivity contribution < 1.29 is 52.5 Å². The number of carbonyl (C=O) groups excluding carboxylic acids is 6. The van der Waals surface area contributed by atoms with Crippen molar-refractivity contribution in [3.63, 3.8) is 0 Å². The lowest BCUT2D eigenvalue weighted by atomic mass is 9.76. The molecule has 1 amide bonds. The first-order valence-electron chi connectivity index (χ1n) is 12.9. The van der Waals surface area contributed by atoms with Crippen molar-refractivity contribution in [3.05, 3.63) is 35.9 Å². The van der Waals surface area contributed by atoms with Crippen LogP contribution in [0.3, 0.4) is 0 Å². The lowest BCUT2D eigenvalue weighted by Crippen LogP contribution is -2.64. The van der Waals surface area contributed by atoms with Gasteiger partial charge in [-0.15, -0.1) is 11.8 Å². The van der Waals surface area contributed by atoms with Gasteiger partial charge in [0.25, 0.3) is 0 Å². The topological polar surface area (TPSA) is 176 Å². The summed E-state index contributed by atoms with van der Waals surface area (Å²) < 4.78 is 25.9. The van der Waals surface area contributed by atoms with Crippen LogP contribution in [0.25, 0.3) is 0 Å². The van der Waals surface area contributed by atoms with E-state index in [0.717, 1.165) is 46.4 Å². The number of esters is 5. The van der Waals surface area contributed by atoms with Crippen LogP contribution in [-0.2, 0) is 57.2 Å². The normalized spacial score (nSPS) is 25.3. The van der Waals surface area contributed by atoms with Crippen molar-refractivity contribution >= 4 is 47.5 Å². The zero-order valence-corrected chi connectivity index (χ0v) is 24.8. The molecule has 226 valence electrons. The van der Waals surface area contributed by atoms with Crippen LogP contribution in [0.4, 0.5) is 0 Å². The maximum Gasteiger partial charge on any atom is 0.303 e. The molecule has 0 spiro atoms. The first-order valence-corrected chi connectivity index (χ1v) is 13.8. The fourth-order valence-electron chi connectivity index (χ4n) is 5.46. The maximum atomic E-state index is 14.0. The average molecular weight is 605 g/mol. The van der Waals surface area contributed by atoms with Crippen LogP contribution >= 0.6 is 11.8 Å². The van der Waals surface area contributed by atoms with E-state index in [1.807, 2.05) is 0 Å². The van der Waals surface area contributed by atoms with Crippen LogP contribution in [0, 0.1) is 17.2 Å². The van der Waals surface area contributed by atoms with Crippen LogP contribution in [0.5, 0.6) is 0 Å². The third kappa shape index (κ3) is 6.20. The summed E-state index contributed by atoms with van der Waals surface area (Å²) >= 11 is 1.07. The van der Waals surface area contributed by atoms with E-state index in [1.165, 1.54) is 11.9 Å². The molecular weight excluding hydrogens is 572 g/mol. The number of nitrogens with zero attached hydrogens (tertiary/aromatic N) is 2. The Balaban J connectivity index is 2.25. The second-order valence-corrected chi connectivity index (χ2v) is 11.5. The molecule has 2 aliphatic heterocycles. The molecule has 0 radical (unpaired) electrons. The van der Waals surface area contributed by atoms with Crippen LogP contribution < -0.4 is 0 Å². The Morgan fingerprint density at radius 3 is 1.95 bits per heavy atom. The monoisotopic (exact) mass is 604 g/mol. The van der Waals surface area contributed by atoms with Crippen LogP contribution in [0.15, 0.2) is 30.3 Å². The lowest BCUT2D eigenvalue weighted by molar-refractivity contribution is -0.210. The standard InChI is InChI=1S/C28H32N2O11S/c1-15(31)37-14-22(38-16(2)32)23(39-17(3)33)24(40-18(4)34)25(41-19(5)35)27-12-21(13-29)28(42-27,26(36)30(27)6)20-10-8-7-9-11-20/h7-11,21-25H,12,14H2,1-6H3/t21-,22+,23+,24-,25+,27+,28+/m0/s1. The number of hydrogen-bond acceptors (Lipinski definition) is 13. The number of benzene rings is 1. The number of piperidine rings is 1. The molecule has 42 heavy (non-hydrogen) atoms. The van der Waals surface area contributed by atoms with Gasteiger partial charge in [0.05, 0.1) is 12.0 Å². The number of fused-ring (bicyclic) bond motifs is 2. The summed E-state index contributed by atoms with van der Waals surface area (Å²) in [6, 6.07) is 10.9. The van der Waals surface area contributed by atoms with E-state index in [-0.39, 0.29) is 6.42 Å². The highest BCUT2D eigenvalue weighted by molar-refractivity contribution is 8.03.